The first kappa shape index (κ1) is 14.5. The Bertz CT molecular complexity index is 766. The molecule has 0 spiro atoms. The third-order valence-corrected chi connectivity index (χ3v) is 5.88. The molecule has 1 heterocycles. The monoisotopic (exact) mass is 370 g/mol. The molecule has 0 atom stereocenters. The van der Waals surface area contributed by atoms with Crippen LogP contribution in [-0.4, -0.2) is 23.4 Å². The zero-order valence-corrected chi connectivity index (χ0v) is 13.9. The van der Waals surface area contributed by atoms with Crippen LogP contribution in [0.3, 0.4) is 0 Å². The topological polar surface area (TPSA) is 76.9 Å². The van der Waals surface area contributed by atoms with E-state index in [2.05, 4.69) is 37.0 Å². The van der Waals surface area contributed by atoms with Gasteiger partial charge in [-0.05, 0) is 58.8 Å². The van der Waals surface area contributed by atoms with Crippen molar-refractivity contribution in [3.8, 4) is 0 Å². The molecule has 0 saturated carbocycles. The normalized spacial score (nSPS) is 14.8. The van der Waals surface area contributed by atoms with E-state index in [9.17, 15) is 8.42 Å². The molecule has 0 fully saturated rings. The van der Waals surface area contributed by atoms with Crippen molar-refractivity contribution < 1.29 is 8.42 Å². The standard InChI is InChI=1S/C13H15BrN4O2S/c1-18-13(12(14)15-17-18)21(19,20)16-11-8-4-6-9-5-2-3-7-10(9)11/h4,6,8,16H,2-3,5,7H2,1H3. The van der Waals surface area contributed by atoms with E-state index in [1.807, 2.05) is 6.07 Å². The van der Waals surface area contributed by atoms with Crippen molar-refractivity contribution in [2.75, 3.05) is 4.72 Å². The number of hydrogen-bond donors (Lipinski definition) is 1. The van der Waals surface area contributed by atoms with E-state index >= 15 is 0 Å². The van der Waals surface area contributed by atoms with Gasteiger partial charge < -0.3 is 0 Å². The predicted octanol–water partition coefficient (Wildman–Crippen LogP) is 2.26. The molecule has 8 heteroatoms. The van der Waals surface area contributed by atoms with Gasteiger partial charge >= 0.3 is 0 Å². The van der Waals surface area contributed by atoms with Gasteiger partial charge in [-0.15, -0.1) is 5.10 Å². The summed E-state index contributed by atoms with van der Waals surface area (Å²) >= 11 is 3.13. The predicted molar refractivity (Wildman–Crippen MR) is 82.6 cm³/mol. The zero-order valence-electron chi connectivity index (χ0n) is 11.5. The lowest BCUT2D eigenvalue weighted by atomic mass is 9.91. The van der Waals surface area contributed by atoms with E-state index in [-0.39, 0.29) is 9.63 Å². The highest BCUT2D eigenvalue weighted by atomic mass is 79.9. The van der Waals surface area contributed by atoms with E-state index in [1.54, 1.807) is 13.1 Å². The van der Waals surface area contributed by atoms with Crippen molar-refractivity contribution >= 4 is 31.6 Å². The smallest absolute Gasteiger partial charge is 0.278 e. The molecule has 0 radical (unpaired) electrons. The molecule has 1 aliphatic carbocycles. The number of aromatic nitrogens is 3. The molecule has 0 amide bonds. The van der Waals surface area contributed by atoms with Gasteiger partial charge in [-0.2, -0.15) is 8.42 Å². The zero-order chi connectivity index (χ0) is 15.0. The fraction of sp³-hybridized carbons (Fsp3) is 0.385. The molecule has 0 unspecified atom stereocenters. The van der Waals surface area contributed by atoms with E-state index in [0.29, 0.717) is 5.69 Å². The van der Waals surface area contributed by atoms with Crippen LogP contribution < -0.4 is 4.72 Å². The van der Waals surface area contributed by atoms with Crippen LogP contribution in [0.15, 0.2) is 27.8 Å². The summed E-state index contributed by atoms with van der Waals surface area (Å²) in [4.78, 5) is 0. The Hall–Kier alpha value is -1.41. The Morgan fingerprint density at radius 3 is 2.76 bits per heavy atom. The van der Waals surface area contributed by atoms with E-state index in [1.165, 1.54) is 10.2 Å². The van der Waals surface area contributed by atoms with Gasteiger partial charge in [0.25, 0.3) is 10.0 Å². The van der Waals surface area contributed by atoms with E-state index in [0.717, 1.165) is 31.2 Å². The van der Waals surface area contributed by atoms with Crippen molar-refractivity contribution in [2.24, 2.45) is 7.05 Å². The molecular formula is C13H15BrN4O2S. The molecular weight excluding hydrogens is 356 g/mol. The number of fused-ring (bicyclic) bond motifs is 1. The highest BCUT2D eigenvalue weighted by Gasteiger charge is 2.25. The molecule has 21 heavy (non-hydrogen) atoms. The maximum absolute atomic E-state index is 12.5. The van der Waals surface area contributed by atoms with E-state index < -0.39 is 10.0 Å². The lowest BCUT2D eigenvalue weighted by Crippen LogP contribution is -2.19. The van der Waals surface area contributed by atoms with Crippen LogP contribution in [0.5, 0.6) is 0 Å². The summed E-state index contributed by atoms with van der Waals surface area (Å²) in [7, 11) is -2.18. The fourth-order valence-electron chi connectivity index (χ4n) is 2.68. The second-order valence-electron chi connectivity index (χ2n) is 5.06. The largest absolute Gasteiger partial charge is 0.281 e. The lowest BCUT2D eigenvalue weighted by Gasteiger charge is -2.20. The number of aryl methyl sites for hydroxylation is 2. The summed E-state index contributed by atoms with van der Waals surface area (Å²) in [5.41, 5.74) is 2.97. The van der Waals surface area contributed by atoms with Crippen molar-refractivity contribution in [3.05, 3.63) is 33.9 Å². The highest BCUT2D eigenvalue weighted by molar-refractivity contribution is 9.10. The van der Waals surface area contributed by atoms with Crippen molar-refractivity contribution in [2.45, 2.75) is 30.7 Å². The van der Waals surface area contributed by atoms with Crippen LogP contribution in [0.4, 0.5) is 5.69 Å². The first-order chi connectivity index (χ1) is 9.99. The van der Waals surface area contributed by atoms with Gasteiger partial charge in [-0.3, -0.25) is 4.72 Å². The number of anilines is 1. The minimum Gasteiger partial charge on any atom is -0.278 e. The Morgan fingerprint density at radius 2 is 2.05 bits per heavy atom. The van der Waals surface area contributed by atoms with Crippen molar-refractivity contribution in [1.82, 2.24) is 15.0 Å². The Labute approximate surface area is 131 Å². The van der Waals surface area contributed by atoms with Crippen LogP contribution in [0.1, 0.15) is 24.0 Å². The molecule has 1 N–H and O–H groups in total. The van der Waals surface area contributed by atoms with Gasteiger partial charge in [0.05, 0.1) is 5.69 Å². The van der Waals surface area contributed by atoms with Crippen LogP contribution in [0, 0.1) is 0 Å². The minimum atomic E-state index is -3.72. The summed E-state index contributed by atoms with van der Waals surface area (Å²) in [6.45, 7) is 0. The summed E-state index contributed by atoms with van der Waals surface area (Å²) in [6, 6.07) is 5.76. The second-order valence-corrected chi connectivity index (χ2v) is 7.41. The number of halogens is 1. The molecule has 0 aliphatic heterocycles. The number of sulfonamides is 1. The molecule has 0 saturated heterocycles. The number of nitrogens with one attached hydrogen (secondary N) is 1. The summed E-state index contributed by atoms with van der Waals surface area (Å²) in [5, 5.41) is 7.46. The molecule has 2 aromatic rings. The first-order valence-corrected chi connectivity index (χ1v) is 8.95. The summed E-state index contributed by atoms with van der Waals surface area (Å²) in [6.07, 6.45) is 4.14. The molecule has 1 aliphatic rings. The average molecular weight is 371 g/mol. The van der Waals surface area contributed by atoms with Crippen LogP contribution in [0.25, 0.3) is 0 Å². The Kier molecular flexibility index (Phi) is 3.75. The van der Waals surface area contributed by atoms with Crippen molar-refractivity contribution in [1.29, 1.82) is 0 Å². The van der Waals surface area contributed by atoms with Gasteiger partial charge in [-0.1, -0.05) is 17.3 Å². The summed E-state index contributed by atoms with van der Waals surface area (Å²) < 4.78 is 29.2. The SMILES string of the molecule is Cn1nnc(Br)c1S(=O)(=O)Nc1cccc2c1CCCC2. The quantitative estimate of drug-likeness (QED) is 0.898. The molecule has 1 aromatic carbocycles. The molecule has 6 nitrogen and oxygen atoms in total. The van der Waals surface area contributed by atoms with E-state index in [4.69, 9.17) is 0 Å². The Morgan fingerprint density at radius 1 is 1.29 bits per heavy atom. The third-order valence-electron chi connectivity index (χ3n) is 3.63. The fourth-order valence-corrected chi connectivity index (χ4v) is 4.87. The first-order valence-electron chi connectivity index (χ1n) is 6.68. The van der Waals surface area contributed by atoms with Crippen LogP contribution >= 0.6 is 15.9 Å². The van der Waals surface area contributed by atoms with Gasteiger partial charge in [0, 0.05) is 7.05 Å². The molecule has 0 bridgehead atoms. The van der Waals surface area contributed by atoms with Gasteiger partial charge in [-0.25, -0.2) is 4.68 Å². The minimum absolute atomic E-state index is 0.0240. The number of benzene rings is 1. The third kappa shape index (κ3) is 2.69. The number of nitrogens with zero attached hydrogens (tertiary/aromatic N) is 3. The average Bonchev–Trinajstić information content (AvgIpc) is 2.79. The van der Waals surface area contributed by atoms with Crippen LogP contribution in [-0.2, 0) is 29.9 Å². The van der Waals surface area contributed by atoms with Gasteiger partial charge in [0.2, 0.25) is 5.03 Å². The molecule has 112 valence electrons. The second kappa shape index (κ2) is 5.42. The van der Waals surface area contributed by atoms with Gasteiger partial charge in [0.15, 0.2) is 4.60 Å². The summed E-state index contributed by atoms with van der Waals surface area (Å²) in [5.74, 6) is 0. The molecule has 3 rings (SSSR count). The highest BCUT2D eigenvalue weighted by Crippen LogP contribution is 2.30. The van der Waals surface area contributed by atoms with Gasteiger partial charge in [0.1, 0.15) is 0 Å². The number of rotatable bonds is 3. The maximum atomic E-state index is 12.5. The Balaban J connectivity index is 2.01. The molecule has 1 aromatic heterocycles. The van der Waals surface area contributed by atoms with Crippen molar-refractivity contribution in [3.63, 3.8) is 0 Å². The maximum Gasteiger partial charge on any atom is 0.281 e. The lowest BCUT2D eigenvalue weighted by molar-refractivity contribution is 0.578. The van der Waals surface area contributed by atoms with Crippen LogP contribution in [0.2, 0.25) is 0 Å². The number of hydrogen-bond acceptors (Lipinski definition) is 4.